The maximum absolute atomic E-state index is 12.7. The molecule has 1 saturated heterocycles. The first kappa shape index (κ1) is 7.95. The van der Waals surface area contributed by atoms with Crippen molar-refractivity contribution in [2.24, 2.45) is 0 Å². The maximum atomic E-state index is 12.7. The van der Waals surface area contributed by atoms with Gasteiger partial charge in [0, 0.05) is 6.54 Å². The summed E-state index contributed by atoms with van der Waals surface area (Å²) in [6.45, 7) is 1.37. The Morgan fingerprint density at radius 1 is 1.60 bits per heavy atom. The summed E-state index contributed by atoms with van der Waals surface area (Å²) < 4.78 is 12.7. The molecule has 0 aromatic carbocycles. The number of hydrogen-bond donors (Lipinski definition) is 1. The van der Waals surface area contributed by atoms with Gasteiger partial charge in [0.2, 0.25) is 0 Å². The average molecular weight is 147 g/mol. The zero-order valence-corrected chi connectivity index (χ0v) is 6.26. The van der Waals surface area contributed by atoms with E-state index in [0.29, 0.717) is 13.0 Å². The number of aliphatic hydroxyl groups is 1. The molecule has 0 bridgehead atoms. The largest absolute Gasteiger partial charge is 0.389 e. The van der Waals surface area contributed by atoms with Gasteiger partial charge in [0.05, 0.1) is 6.10 Å². The molecule has 1 aliphatic heterocycles. The van der Waals surface area contributed by atoms with E-state index < -0.39 is 12.3 Å². The van der Waals surface area contributed by atoms with Crippen molar-refractivity contribution in [3.05, 3.63) is 0 Å². The van der Waals surface area contributed by atoms with E-state index in [1.165, 1.54) is 0 Å². The minimum atomic E-state index is -1.01. The lowest BCUT2D eigenvalue weighted by molar-refractivity contribution is 0.0629. The number of aliphatic hydroxyl groups excluding tert-OH is 1. The highest BCUT2D eigenvalue weighted by atomic mass is 19.1. The first-order chi connectivity index (χ1) is 4.70. The van der Waals surface area contributed by atoms with Crippen molar-refractivity contribution in [3.8, 4) is 0 Å². The Balaban J connectivity index is 2.41. The third-order valence-electron chi connectivity index (χ3n) is 1.94. The molecular formula is C7H14FNO. The number of rotatable bonds is 0. The van der Waals surface area contributed by atoms with Gasteiger partial charge in [-0.25, -0.2) is 4.39 Å². The minimum absolute atomic E-state index is 0.473. The van der Waals surface area contributed by atoms with Crippen LogP contribution in [0.1, 0.15) is 12.8 Å². The van der Waals surface area contributed by atoms with Crippen molar-refractivity contribution in [1.82, 2.24) is 4.90 Å². The second-order valence-corrected chi connectivity index (χ2v) is 2.99. The van der Waals surface area contributed by atoms with E-state index in [4.69, 9.17) is 5.11 Å². The van der Waals surface area contributed by atoms with E-state index >= 15 is 0 Å². The van der Waals surface area contributed by atoms with Crippen molar-refractivity contribution >= 4 is 0 Å². The van der Waals surface area contributed by atoms with E-state index in [0.717, 1.165) is 13.0 Å². The molecule has 1 fully saturated rings. The van der Waals surface area contributed by atoms with Crippen molar-refractivity contribution in [2.45, 2.75) is 25.1 Å². The fourth-order valence-corrected chi connectivity index (χ4v) is 1.27. The van der Waals surface area contributed by atoms with Crippen LogP contribution < -0.4 is 0 Å². The number of likely N-dealkylation sites (N-methyl/N-ethyl adjacent to an activating group) is 1. The highest BCUT2D eigenvalue weighted by Crippen LogP contribution is 2.12. The zero-order valence-electron chi connectivity index (χ0n) is 6.26. The van der Waals surface area contributed by atoms with E-state index in [1.54, 1.807) is 0 Å². The van der Waals surface area contributed by atoms with Crippen LogP contribution in [0.2, 0.25) is 0 Å². The second kappa shape index (κ2) is 3.30. The first-order valence-corrected chi connectivity index (χ1v) is 3.71. The molecule has 2 nitrogen and oxygen atoms in total. The lowest BCUT2D eigenvalue weighted by atomic mass is 10.1. The molecular weight excluding hydrogens is 133 g/mol. The van der Waals surface area contributed by atoms with Crippen LogP contribution in [-0.4, -0.2) is 42.4 Å². The third kappa shape index (κ3) is 1.92. The molecule has 1 heterocycles. The predicted octanol–water partition coefficient (Wildman–Crippen LogP) is 0.411. The van der Waals surface area contributed by atoms with Gasteiger partial charge in [-0.1, -0.05) is 0 Å². The van der Waals surface area contributed by atoms with Gasteiger partial charge >= 0.3 is 0 Å². The molecule has 1 rings (SSSR count). The smallest absolute Gasteiger partial charge is 0.127 e. The Bertz CT molecular complexity index is 110. The van der Waals surface area contributed by atoms with Crippen molar-refractivity contribution < 1.29 is 9.50 Å². The summed E-state index contributed by atoms with van der Waals surface area (Å²) in [7, 11) is 1.90. The summed E-state index contributed by atoms with van der Waals surface area (Å²) in [5, 5.41) is 9.11. The molecule has 3 heteroatoms. The van der Waals surface area contributed by atoms with Crippen LogP contribution in [0.25, 0.3) is 0 Å². The third-order valence-corrected chi connectivity index (χ3v) is 1.94. The highest BCUT2D eigenvalue weighted by molar-refractivity contribution is 4.75. The summed E-state index contributed by atoms with van der Waals surface area (Å²) in [6, 6.07) is 0. The standard InChI is InChI=1S/C7H14FNO/c1-9-4-2-3-6(8)7(10)5-9/h6-7,10H,2-5H2,1H3/t6-,7-/m1/s1. The Labute approximate surface area is 60.6 Å². The predicted molar refractivity (Wildman–Crippen MR) is 37.6 cm³/mol. The molecule has 0 saturated carbocycles. The van der Waals surface area contributed by atoms with Crippen LogP contribution in [-0.2, 0) is 0 Å². The molecule has 0 aromatic heterocycles. The monoisotopic (exact) mass is 147 g/mol. The van der Waals surface area contributed by atoms with Crippen LogP contribution in [0.3, 0.4) is 0 Å². The van der Waals surface area contributed by atoms with E-state index in [-0.39, 0.29) is 0 Å². The molecule has 0 radical (unpaired) electrons. The molecule has 0 spiro atoms. The normalized spacial score (nSPS) is 37.5. The summed E-state index contributed by atoms with van der Waals surface area (Å²) in [5.41, 5.74) is 0. The number of hydrogen-bond acceptors (Lipinski definition) is 2. The maximum Gasteiger partial charge on any atom is 0.127 e. The van der Waals surface area contributed by atoms with E-state index in [1.807, 2.05) is 11.9 Å². The van der Waals surface area contributed by atoms with Gasteiger partial charge in [-0.05, 0) is 26.4 Å². The number of halogens is 1. The molecule has 1 N–H and O–H groups in total. The van der Waals surface area contributed by atoms with Crippen molar-refractivity contribution in [1.29, 1.82) is 0 Å². The molecule has 1 aliphatic rings. The second-order valence-electron chi connectivity index (χ2n) is 2.99. The lowest BCUT2D eigenvalue weighted by Crippen LogP contribution is -2.31. The van der Waals surface area contributed by atoms with Gasteiger partial charge in [-0.15, -0.1) is 0 Å². The van der Waals surface area contributed by atoms with Crippen LogP contribution in [0.15, 0.2) is 0 Å². The van der Waals surface area contributed by atoms with Crippen molar-refractivity contribution in [3.63, 3.8) is 0 Å². The van der Waals surface area contributed by atoms with Crippen molar-refractivity contribution in [2.75, 3.05) is 20.1 Å². The van der Waals surface area contributed by atoms with Crippen LogP contribution in [0.4, 0.5) is 4.39 Å². The Hall–Kier alpha value is -0.150. The zero-order chi connectivity index (χ0) is 7.56. The molecule has 0 unspecified atom stereocenters. The van der Waals surface area contributed by atoms with Gasteiger partial charge in [-0.3, -0.25) is 0 Å². The summed E-state index contributed by atoms with van der Waals surface area (Å²) >= 11 is 0. The molecule has 0 amide bonds. The fraction of sp³-hybridized carbons (Fsp3) is 1.00. The minimum Gasteiger partial charge on any atom is -0.389 e. The van der Waals surface area contributed by atoms with Gasteiger partial charge in [0.1, 0.15) is 6.17 Å². The molecule has 10 heavy (non-hydrogen) atoms. The molecule has 0 aliphatic carbocycles. The molecule has 2 atom stereocenters. The van der Waals surface area contributed by atoms with Gasteiger partial charge in [0.15, 0.2) is 0 Å². The topological polar surface area (TPSA) is 23.5 Å². The first-order valence-electron chi connectivity index (χ1n) is 3.71. The van der Waals surface area contributed by atoms with E-state index in [9.17, 15) is 4.39 Å². The fourth-order valence-electron chi connectivity index (χ4n) is 1.27. The number of alkyl halides is 1. The summed E-state index contributed by atoms with van der Waals surface area (Å²) in [5.74, 6) is 0. The average Bonchev–Trinajstić information content (AvgIpc) is 1.96. The van der Waals surface area contributed by atoms with Crippen LogP contribution in [0.5, 0.6) is 0 Å². The Kier molecular flexibility index (Phi) is 2.63. The van der Waals surface area contributed by atoms with Gasteiger partial charge in [0.25, 0.3) is 0 Å². The molecule has 60 valence electrons. The number of nitrogens with zero attached hydrogens (tertiary/aromatic N) is 1. The summed E-state index contributed by atoms with van der Waals surface area (Å²) in [4.78, 5) is 1.96. The van der Waals surface area contributed by atoms with E-state index in [2.05, 4.69) is 0 Å². The SMILES string of the molecule is CN1CCC[C@@H](F)[C@H](O)C1. The number of β-amino-alcohol motifs (C(OH)–C–C–N with tert-alkyl or cyclic N) is 1. The Morgan fingerprint density at radius 2 is 2.30 bits per heavy atom. The van der Waals surface area contributed by atoms with Crippen LogP contribution in [0, 0.1) is 0 Å². The molecule has 0 aromatic rings. The lowest BCUT2D eigenvalue weighted by Gasteiger charge is -2.16. The van der Waals surface area contributed by atoms with Crippen LogP contribution >= 0.6 is 0 Å². The van der Waals surface area contributed by atoms with Gasteiger partial charge in [-0.2, -0.15) is 0 Å². The number of likely N-dealkylation sites (tertiary alicyclic amines) is 1. The highest BCUT2D eigenvalue weighted by Gasteiger charge is 2.22. The summed E-state index contributed by atoms with van der Waals surface area (Å²) in [6.07, 6.45) is -0.419. The quantitative estimate of drug-likeness (QED) is 0.536. The Morgan fingerprint density at radius 3 is 3.00 bits per heavy atom. The van der Waals surface area contributed by atoms with Gasteiger partial charge < -0.3 is 10.0 Å².